The van der Waals surface area contributed by atoms with Gasteiger partial charge in [-0.2, -0.15) is 4.98 Å². The molecule has 2 aromatic carbocycles. The molecule has 0 spiro atoms. The summed E-state index contributed by atoms with van der Waals surface area (Å²) >= 11 is 0. The number of carbonyl (C=O) groups excluding carboxylic acids is 2. The molecule has 1 N–H and O–H groups in total. The first-order valence-electron chi connectivity index (χ1n) is 9.82. The second-order valence-electron chi connectivity index (χ2n) is 7.39. The topological polar surface area (TPSA) is 94.3 Å². The largest absolute Gasteiger partial charge is 0.454 e. The van der Waals surface area contributed by atoms with E-state index in [1.807, 2.05) is 75.4 Å². The molecule has 1 heterocycles. The van der Waals surface area contributed by atoms with E-state index in [2.05, 4.69) is 15.5 Å². The molecule has 0 bridgehead atoms. The maximum absolute atomic E-state index is 12.6. The van der Waals surface area contributed by atoms with Crippen LogP contribution in [0.1, 0.15) is 30.9 Å². The maximum atomic E-state index is 12.6. The number of rotatable bonds is 8. The summed E-state index contributed by atoms with van der Waals surface area (Å²) < 4.78 is 10.5. The summed E-state index contributed by atoms with van der Waals surface area (Å²) in [5.41, 5.74) is 2.75. The smallest absolute Gasteiger partial charge is 0.329 e. The SMILES string of the molecule is Cc1ccccc1-c1noc(COC(=O)C(NC(=O)Cc2ccccc2)C(C)C)n1. The van der Waals surface area contributed by atoms with Crippen LogP contribution < -0.4 is 5.32 Å². The van der Waals surface area contributed by atoms with E-state index in [0.29, 0.717) is 5.82 Å². The molecule has 3 aromatic rings. The Morgan fingerprint density at radius 3 is 2.47 bits per heavy atom. The minimum Gasteiger partial charge on any atom is -0.454 e. The average molecular weight is 407 g/mol. The van der Waals surface area contributed by atoms with Crippen LogP contribution in [0.25, 0.3) is 11.4 Å². The van der Waals surface area contributed by atoms with Gasteiger partial charge in [0.2, 0.25) is 11.7 Å². The van der Waals surface area contributed by atoms with Gasteiger partial charge in [-0.25, -0.2) is 4.79 Å². The Morgan fingerprint density at radius 2 is 1.77 bits per heavy atom. The number of hydrogen-bond donors (Lipinski definition) is 1. The summed E-state index contributed by atoms with van der Waals surface area (Å²) in [6.45, 7) is 5.49. The lowest BCUT2D eigenvalue weighted by molar-refractivity contribution is -0.151. The van der Waals surface area contributed by atoms with Crippen molar-refractivity contribution in [2.75, 3.05) is 0 Å². The Bertz CT molecular complexity index is 998. The number of carbonyl (C=O) groups is 2. The Balaban J connectivity index is 1.58. The molecule has 0 fully saturated rings. The van der Waals surface area contributed by atoms with Gasteiger partial charge in [0.15, 0.2) is 6.61 Å². The zero-order chi connectivity index (χ0) is 21.5. The van der Waals surface area contributed by atoms with Crippen molar-refractivity contribution in [3.63, 3.8) is 0 Å². The van der Waals surface area contributed by atoms with Crippen LogP contribution in [0.2, 0.25) is 0 Å². The van der Waals surface area contributed by atoms with E-state index in [1.165, 1.54) is 0 Å². The molecule has 0 saturated carbocycles. The summed E-state index contributed by atoms with van der Waals surface area (Å²) in [5, 5.41) is 6.71. The number of nitrogens with one attached hydrogen (secondary N) is 1. The fourth-order valence-electron chi connectivity index (χ4n) is 2.97. The summed E-state index contributed by atoms with van der Waals surface area (Å²) in [4.78, 5) is 29.2. The van der Waals surface area contributed by atoms with Crippen LogP contribution in [0.15, 0.2) is 59.1 Å². The van der Waals surface area contributed by atoms with Gasteiger partial charge < -0.3 is 14.6 Å². The third-order valence-electron chi connectivity index (χ3n) is 4.64. The van der Waals surface area contributed by atoms with E-state index in [4.69, 9.17) is 9.26 Å². The van der Waals surface area contributed by atoms with Crippen molar-refractivity contribution in [2.24, 2.45) is 5.92 Å². The predicted octanol–water partition coefficient (Wildman–Crippen LogP) is 3.47. The quantitative estimate of drug-likeness (QED) is 0.575. The van der Waals surface area contributed by atoms with Crippen LogP contribution in [0.4, 0.5) is 0 Å². The molecule has 0 radical (unpaired) electrons. The second kappa shape index (κ2) is 9.82. The standard InChI is InChI=1S/C23H25N3O4/c1-15(2)21(24-19(27)13-17-10-5-4-6-11-17)23(28)29-14-20-25-22(26-30-20)18-12-8-7-9-16(18)3/h4-12,15,21H,13-14H2,1-3H3,(H,24,27). The minimum atomic E-state index is -0.764. The highest BCUT2D eigenvalue weighted by Crippen LogP contribution is 2.20. The lowest BCUT2D eigenvalue weighted by Gasteiger charge is -2.20. The first kappa shape index (κ1) is 21.2. The zero-order valence-corrected chi connectivity index (χ0v) is 17.3. The molecule has 0 aliphatic heterocycles. The highest BCUT2D eigenvalue weighted by atomic mass is 16.6. The Labute approximate surface area is 175 Å². The van der Waals surface area contributed by atoms with E-state index >= 15 is 0 Å². The third-order valence-corrected chi connectivity index (χ3v) is 4.64. The molecule has 0 saturated heterocycles. The first-order valence-corrected chi connectivity index (χ1v) is 9.82. The summed E-state index contributed by atoms with van der Waals surface area (Å²) in [7, 11) is 0. The van der Waals surface area contributed by atoms with Gasteiger partial charge in [-0.15, -0.1) is 0 Å². The molecule has 30 heavy (non-hydrogen) atoms. The van der Waals surface area contributed by atoms with Crippen molar-refractivity contribution in [1.29, 1.82) is 0 Å². The third kappa shape index (κ3) is 5.53. The molecular weight excluding hydrogens is 382 g/mol. The van der Waals surface area contributed by atoms with Crippen molar-refractivity contribution in [1.82, 2.24) is 15.5 Å². The van der Waals surface area contributed by atoms with E-state index in [1.54, 1.807) is 0 Å². The van der Waals surface area contributed by atoms with E-state index in [9.17, 15) is 9.59 Å². The molecule has 7 heteroatoms. The molecule has 156 valence electrons. The van der Waals surface area contributed by atoms with Crippen LogP contribution in [-0.4, -0.2) is 28.1 Å². The van der Waals surface area contributed by atoms with Crippen LogP contribution in [0.5, 0.6) is 0 Å². The van der Waals surface area contributed by atoms with Crippen molar-refractivity contribution in [3.8, 4) is 11.4 Å². The van der Waals surface area contributed by atoms with Gasteiger partial charge >= 0.3 is 5.97 Å². The summed E-state index contributed by atoms with van der Waals surface area (Å²) in [6, 6.07) is 16.3. The Hall–Kier alpha value is -3.48. The van der Waals surface area contributed by atoms with Crippen molar-refractivity contribution < 1.29 is 18.8 Å². The van der Waals surface area contributed by atoms with E-state index in [0.717, 1.165) is 16.7 Å². The molecular formula is C23H25N3O4. The average Bonchev–Trinajstić information content (AvgIpc) is 3.20. The van der Waals surface area contributed by atoms with E-state index in [-0.39, 0.29) is 30.7 Å². The Kier molecular flexibility index (Phi) is 6.95. The monoisotopic (exact) mass is 407 g/mol. The zero-order valence-electron chi connectivity index (χ0n) is 17.3. The molecule has 0 aliphatic rings. The fraction of sp³-hybridized carbons (Fsp3) is 0.304. The van der Waals surface area contributed by atoms with Crippen LogP contribution >= 0.6 is 0 Å². The second-order valence-corrected chi connectivity index (χ2v) is 7.39. The number of ether oxygens (including phenoxy) is 1. The molecule has 7 nitrogen and oxygen atoms in total. The molecule has 1 amide bonds. The van der Waals surface area contributed by atoms with Gasteiger partial charge in [-0.3, -0.25) is 4.79 Å². The van der Waals surface area contributed by atoms with Gasteiger partial charge in [0.1, 0.15) is 6.04 Å². The number of aromatic nitrogens is 2. The van der Waals surface area contributed by atoms with Crippen LogP contribution in [-0.2, 0) is 27.4 Å². The molecule has 1 atom stereocenters. The number of aryl methyl sites for hydroxylation is 1. The Morgan fingerprint density at radius 1 is 1.07 bits per heavy atom. The van der Waals surface area contributed by atoms with Crippen molar-refractivity contribution >= 4 is 11.9 Å². The van der Waals surface area contributed by atoms with E-state index < -0.39 is 12.0 Å². The lowest BCUT2D eigenvalue weighted by atomic mass is 10.0. The molecule has 1 unspecified atom stereocenters. The van der Waals surface area contributed by atoms with Gasteiger partial charge in [-0.05, 0) is 24.0 Å². The number of hydrogen-bond acceptors (Lipinski definition) is 6. The predicted molar refractivity (Wildman–Crippen MR) is 111 cm³/mol. The number of amides is 1. The first-order chi connectivity index (χ1) is 14.4. The highest BCUT2D eigenvalue weighted by molar-refractivity contribution is 5.85. The van der Waals surface area contributed by atoms with Gasteiger partial charge in [0.05, 0.1) is 6.42 Å². The lowest BCUT2D eigenvalue weighted by Crippen LogP contribution is -2.45. The fourth-order valence-corrected chi connectivity index (χ4v) is 2.97. The van der Waals surface area contributed by atoms with Gasteiger partial charge in [-0.1, -0.05) is 73.6 Å². The number of esters is 1. The van der Waals surface area contributed by atoms with Crippen LogP contribution in [0, 0.1) is 12.8 Å². The van der Waals surface area contributed by atoms with Gasteiger partial charge in [0.25, 0.3) is 5.89 Å². The minimum absolute atomic E-state index is 0.137. The van der Waals surface area contributed by atoms with Crippen molar-refractivity contribution in [3.05, 3.63) is 71.6 Å². The normalized spacial score (nSPS) is 11.9. The maximum Gasteiger partial charge on any atom is 0.329 e. The molecule has 3 rings (SSSR count). The van der Waals surface area contributed by atoms with Crippen LogP contribution in [0.3, 0.4) is 0 Å². The van der Waals surface area contributed by atoms with Gasteiger partial charge in [0, 0.05) is 5.56 Å². The summed E-state index contributed by atoms with van der Waals surface area (Å²) in [6.07, 6.45) is 0.195. The highest BCUT2D eigenvalue weighted by Gasteiger charge is 2.26. The summed E-state index contributed by atoms with van der Waals surface area (Å²) in [5.74, 6) is -0.281. The number of nitrogens with zero attached hydrogens (tertiary/aromatic N) is 2. The number of benzene rings is 2. The van der Waals surface area contributed by atoms with Crippen molar-refractivity contribution in [2.45, 2.75) is 39.8 Å². The molecule has 0 aliphatic carbocycles. The molecule has 1 aromatic heterocycles.